The number of fused-ring (bicyclic) bond motifs is 1. The highest BCUT2D eigenvalue weighted by Gasteiger charge is 2.27. The number of ether oxygens (including phenoxy) is 1. The van der Waals surface area contributed by atoms with Gasteiger partial charge in [-0.05, 0) is 56.5 Å². The summed E-state index contributed by atoms with van der Waals surface area (Å²) in [6, 6.07) is 17.5. The molecule has 0 saturated heterocycles. The van der Waals surface area contributed by atoms with Crippen molar-refractivity contribution in [2.75, 3.05) is 12.8 Å². The number of benzene rings is 2. The predicted molar refractivity (Wildman–Crippen MR) is 139 cm³/mol. The van der Waals surface area contributed by atoms with Crippen molar-refractivity contribution < 1.29 is 13.2 Å². The SMILES string of the molecule is CCC(c1ccccc1)n1c(N)nc2ccc(-c3cnc(OC)c(S(=O)(=O)NC(C)(C)C)c3)cc21. The lowest BCUT2D eigenvalue weighted by Gasteiger charge is -2.21. The van der Waals surface area contributed by atoms with Crippen LogP contribution in [0, 0.1) is 0 Å². The third-order valence-electron chi connectivity index (χ3n) is 5.67. The molecule has 0 amide bonds. The number of aromatic nitrogens is 3. The van der Waals surface area contributed by atoms with Gasteiger partial charge in [0.25, 0.3) is 0 Å². The second-order valence-electron chi connectivity index (χ2n) is 9.47. The number of nitrogens with two attached hydrogens (primary N) is 1. The fraction of sp³-hybridized carbons (Fsp3) is 0.308. The minimum Gasteiger partial charge on any atom is -0.480 e. The number of methoxy groups -OCH3 is 1. The molecule has 4 rings (SSSR count). The first-order valence-corrected chi connectivity index (χ1v) is 12.9. The average Bonchev–Trinajstić information content (AvgIpc) is 3.13. The number of pyridine rings is 1. The van der Waals surface area contributed by atoms with E-state index in [2.05, 4.69) is 33.7 Å². The molecule has 9 heteroatoms. The Morgan fingerprint density at radius 3 is 2.43 bits per heavy atom. The van der Waals surface area contributed by atoms with Crippen molar-refractivity contribution in [1.82, 2.24) is 19.3 Å². The number of sulfonamides is 1. The molecule has 2 aromatic carbocycles. The van der Waals surface area contributed by atoms with E-state index in [0.29, 0.717) is 11.5 Å². The zero-order valence-electron chi connectivity index (χ0n) is 20.6. The molecule has 0 radical (unpaired) electrons. The van der Waals surface area contributed by atoms with Crippen molar-refractivity contribution in [2.45, 2.75) is 50.6 Å². The summed E-state index contributed by atoms with van der Waals surface area (Å²) in [5, 5.41) is 0. The van der Waals surface area contributed by atoms with Crippen molar-refractivity contribution in [3.8, 4) is 17.0 Å². The maximum Gasteiger partial charge on any atom is 0.246 e. The standard InChI is InChI=1S/C26H31N5O3S/c1-6-21(17-10-8-7-9-11-17)31-22-14-18(12-13-20(22)29-25(31)27)19-15-23(24(34-5)28-16-19)35(32,33)30-26(2,3)4/h7-16,21,30H,6H2,1-5H3,(H2,27,29). The fourth-order valence-corrected chi connectivity index (χ4v) is 5.82. The van der Waals surface area contributed by atoms with Gasteiger partial charge in [0.15, 0.2) is 0 Å². The highest BCUT2D eigenvalue weighted by molar-refractivity contribution is 7.89. The third kappa shape index (κ3) is 5.01. The minimum absolute atomic E-state index is 0.0115. The monoisotopic (exact) mass is 493 g/mol. The summed E-state index contributed by atoms with van der Waals surface area (Å²) >= 11 is 0. The van der Waals surface area contributed by atoms with Crippen LogP contribution in [0.25, 0.3) is 22.2 Å². The summed E-state index contributed by atoms with van der Waals surface area (Å²) in [6.07, 6.45) is 2.43. The van der Waals surface area contributed by atoms with Gasteiger partial charge in [0.1, 0.15) is 4.90 Å². The number of nitrogens with zero attached hydrogens (tertiary/aromatic N) is 3. The van der Waals surface area contributed by atoms with Crippen LogP contribution in [0.5, 0.6) is 5.88 Å². The summed E-state index contributed by atoms with van der Waals surface area (Å²) in [5.41, 5.74) is 9.92. The zero-order chi connectivity index (χ0) is 25.4. The molecule has 0 aliphatic heterocycles. The van der Waals surface area contributed by atoms with Crippen molar-refractivity contribution in [2.24, 2.45) is 0 Å². The minimum atomic E-state index is -3.87. The average molecular weight is 494 g/mol. The van der Waals surface area contributed by atoms with Crippen LogP contribution in [0.3, 0.4) is 0 Å². The van der Waals surface area contributed by atoms with E-state index >= 15 is 0 Å². The Kier molecular flexibility index (Phi) is 6.57. The number of hydrogen-bond acceptors (Lipinski definition) is 6. The molecule has 35 heavy (non-hydrogen) atoms. The maximum absolute atomic E-state index is 13.1. The van der Waals surface area contributed by atoms with E-state index in [-0.39, 0.29) is 16.8 Å². The van der Waals surface area contributed by atoms with E-state index < -0.39 is 15.6 Å². The van der Waals surface area contributed by atoms with Crippen LogP contribution < -0.4 is 15.2 Å². The lowest BCUT2D eigenvalue weighted by Crippen LogP contribution is -2.40. The summed E-state index contributed by atoms with van der Waals surface area (Å²) in [6.45, 7) is 7.46. The van der Waals surface area contributed by atoms with E-state index in [9.17, 15) is 8.42 Å². The Hall–Kier alpha value is -3.43. The van der Waals surface area contributed by atoms with Crippen LogP contribution >= 0.6 is 0 Å². The zero-order valence-corrected chi connectivity index (χ0v) is 21.4. The second kappa shape index (κ2) is 9.31. The second-order valence-corrected chi connectivity index (χ2v) is 11.1. The Balaban J connectivity index is 1.85. The fourth-order valence-electron chi connectivity index (χ4n) is 4.26. The molecule has 184 valence electrons. The molecule has 0 fully saturated rings. The first-order chi connectivity index (χ1) is 16.5. The molecule has 4 aromatic rings. The van der Waals surface area contributed by atoms with Gasteiger partial charge in [0, 0.05) is 17.3 Å². The van der Waals surface area contributed by atoms with Crippen molar-refractivity contribution in [3.05, 3.63) is 66.4 Å². The lowest BCUT2D eigenvalue weighted by atomic mass is 10.0. The van der Waals surface area contributed by atoms with Crippen LogP contribution in [0.2, 0.25) is 0 Å². The first kappa shape index (κ1) is 24.7. The van der Waals surface area contributed by atoms with E-state index in [1.807, 2.05) is 41.0 Å². The molecule has 1 unspecified atom stereocenters. The molecule has 0 aliphatic rings. The van der Waals surface area contributed by atoms with Crippen LogP contribution in [-0.4, -0.2) is 35.6 Å². The van der Waals surface area contributed by atoms with Gasteiger partial charge in [-0.15, -0.1) is 0 Å². The van der Waals surface area contributed by atoms with Gasteiger partial charge in [0.2, 0.25) is 21.9 Å². The van der Waals surface area contributed by atoms with Gasteiger partial charge in [-0.2, -0.15) is 0 Å². The molecule has 0 saturated carbocycles. The number of anilines is 1. The number of nitrogens with one attached hydrogen (secondary N) is 1. The number of nitrogen functional groups attached to an aromatic ring is 1. The summed E-state index contributed by atoms with van der Waals surface area (Å²) < 4.78 is 36.2. The molecule has 3 N–H and O–H groups in total. The number of imidazole rings is 1. The Bertz CT molecular complexity index is 1460. The summed E-state index contributed by atoms with van der Waals surface area (Å²) in [7, 11) is -2.46. The van der Waals surface area contributed by atoms with Gasteiger partial charge < -0.3 is 15.0 Å². The predicted octanol–water partition coefficient (Wildman–Crippen LogP) is 4.77. The van der Waals surface area contributed by atoms with Gasteiger partial charge in [-0.3, -0.25) is 0 Å². The normalized spacial score (nSPS) is 13.2. The van der Waals surface area contributed by atoms with E-state index in [1.54, 1.807) is 33.0 Å². The van der Waals surface area contributed by atoms with Crippen LogP contribution in [-0.2, 0) is 10.0 Å². The Morgan fingerprint density at radius 1 is 1.09 bits per heavy atom. The van der Waals surface area contributed by atoms with Crippen molar-refractivity contribution in [3.63, 3.8) is 0 Å². The molecule has 1 atom stereocenters. The maximum atomic E-state index is 13.1. The van der Waals surface area contributed by atoms with E-state index in [1.165, 1.54) is 7.11 Å². The molecular weight excluding hydrogens is 462 g/mol. The smallest absolute Gasteiger partial charge is 0.246 e. The molecule has 0 spiro atoms. The molecule has 0 aliphatic carbocycles. The van der Waals surface area contributed by atoms with Gasteiger partial charge >= 0.3 is 0 Å². The van der Waals surface area contributed by atoms with Gasteiger partial charge in [-0.1, -0.05) is 43.3 Å². The third-order valence-corrected chi connectivity index (χ3v) is 7.43. The quantitative estimate of drug-likeness (QED) is 0.384. The van der Waals surface area contributed by atoms with Crippen molar-refractivity contribution in [1.29, 1.82) is 0 Å². The Labute approximate surface area is 206 Å². The van der Waals surface area contributed by atoms with E-state index in [4.69, 9.17) is 10.5 Å². The summed E-state index contributed by atoms with van der Waals surface area (Å²) in [5.74, 6) is 0.467. The number of rotatable bonds is 7. The van der Waals surface area contributed by atoms with Crippen molar-refractivity contribution >= 4 is 27.0 Å². The lowest BCUT2D eigenvalue weighted by molar-refractivity contribution is 0.384. The van der Waals surface area contributed by atoms with Crippen LogP contribution in [0.1, 0.15) is 45.7 Å². The van der Waals surface area contributed by atoms with Gasteiger partial charge in [0.05, 0.1) is 24.2 Å². The first-order valence-electron chi connectivity index (χ1n) is 11.4. The topological polar surface area (TPSA) is 112 Å². The molecular formula is C26H31N5O3S. The Morgan fingerprint density at radius 2 is 1.80 bits per heavy atom. The van der Waals surface area contributed by atoms with E-state index in [0.717, 1.165) is 28.6 Å². The van der Waals surface area contributed by atoms with Crippen LogP contribution in [0.15, 0.2) is 65.7 Å². The largest absolute Gasteiger partial charge is 0.480 e. The molecule has 2 aromatic heterocycles. The highest BCUT2D eigenvalue weighted by Crippen LogP contribution is 2.34. The summed E-state index contributed by atoms with van der Waals surface area (Å²) in [4.78, 5) is 8.84. The van der Waals surface area contributed by atoms with Gasteiger partial charge in [-0.25, -0.2) is 23.1 Å². The molecule has 0 bridgehead atoms. The molecule has 2 heterocycles. The molecule has 8 nitrogen and oxygen atoms in total. The van der Waals surface area contributed by atoms with Crippen LogP contribution in [0.4, 0.5) is 5.95 Å². The highest BCUT2D eigenvalue weighted by atomic mass is 32.2. The number of hydrogen-bond donors (Lipinski definition) is 2.